The van der Waals surface area contributed by atoms with E-state index in [9.17, 15) is 4.39 Å². The van der Waals surface area contributed by atoms with E-state index in [2.05, 4.69) is 17.5 Å². The normalized spacial score (nSPS) is 12.6. The third-order valence-electron chi connectivity index (χ3n) is 1.72. The minimum atomic E-state index is -0.484. The van der Waals surface area contributed by atoms with Gasteiger partial charge in [-0.1, -0.05) is 0 Å². The molecule has 6 heteroatoms. The molecule has 0 amide bonds. The Morgan fingerprint density at radius 1 is 1.43 bits per heavy atom. The fourth-order valence-electron chi connectivity index (χ4n) is 1.15. The zero-order valence-corrected chi connectivity index (χ0v) is 7.86. The van der Waals surface area contributed by atoms with Crippen LogP contribution in [0.3, 0.4) is 0 Å². The molecule has 2 rings (SSSR count). The molecule has 0 radical (unpaired) electrons. The molecular weight excluding hydrogens is 207 g/mol. The molecule has 0 saturated carbocycles. The van der Waals surface area contributed by atoms with Crippen LogP contribution in [0.15, 0.2) is 12.1 Å². The van der Waals surface area contributed by atoms with Crippen molar-refractivity contribution < 1.29 is 13.9 Å². The van der Waals surface area contributed by atoms with Crippen LogP contribution in [-0.4, -0.2) is 11.9 Å². The summed E-state index contributed by atoms with van der Waals surface area (Å²) >= 11 is 4.59. The van der Waals surface area contributed by atoms with Crippen LogP contribution in [0.25, 0.3) is 0 Å². The Kier molecular flexibility index (Phi) is 2.12. The van der Waals surface area contributed by atoms with Gasteiger partial charge in [0.1, 0.15) is 0 Å². The highest BCUT2D eigenvalue weighted by atomic mass is 32.1. The van der Waals surface area contributed by atoms with Crippen molar-refractivity contribution in [3.63, 3.8) is 0 Å². The highest BCUT2D eigenvalue weighted by Crippen LogP contribution is 2.36. The smallest absolute Gasteiger partial charge is 0.231 e. The van der Waals surface area contributed by atoms with Gasteiger partial charge in [0.2, 0.25) is 6.79 Å². The van der Waals surface area contributed by atoms with Gasteiger partial charge in [0, 0.05) is 12.1 Å². The van der Waals surface area contributed by atoms with Gasteiger partial charge in [-0.25, -0.2) is 4.39 Å². The number of hydrogen-bond acceptors (Lipinski definition) is 3. The summed E-state index contributed by atoms with van der Waals surface area (Å²) in [6.45, 7) is 0.102. The zero-order valence-electron chi connectivity index (χ0n) is 7.04. The fraction of sp³-hybridized carbons (Fsp3) is 0.125. The van der Waals surface area contributed by atoms with E-state index < -0.39 is 5.82 Å². The molecule has 0 atom stereocenters. The van der Waals surface area contributed by atoms with Crippen LogP contribution in [-0.2, 0) is 0 Å². The summed E-state index contributed by atoms with van der Waals surface area (Å²) in [5.41, 5.74) is 5.40. The maximum absolute atomic E-state index is 13.3. The number of nitrogens with two attached hydrogens (primary N) is 1. The number of anilines is 1. The first-order chi connectivity index (χ1) is 6.66. The number of halogens is 1. The van der Waals surface area contributed by atoms with Crippen LogP contribution in [0.1, 0.15) is 0 Å². The van der Waals surface area contributed by atoms with E-state index in [4.69, 9.17) is 15.2 Å². The van der Waals surface area contributed by atoms with Gasteiger partial charge in [-0.2, -0.15) is 0 Å². The van der Waals surface area contributed by atoms with Crippen LogP contribution in [0.4, 0.5) is 10.1 Å². The Morgan fingerprint density at radius 3 is 2.71 bits per heavy atom. The average Bonchev–Trinajstić information content (AvgIpc) is 2.51. The molecule has 0 saturated heterocycles. The number of fused-ring (bicyclic) bond motifs is 1. The molecule has 1 aliphatic heterocycles. The van der Waals surface area contributed by atoms with Crippen molar-refractivity contribution in [2.24, 2.45) is 5.73 Å². The van der Waals surface area contributed by atoms with Crippen molar-refractivity contribution in [2.75, 3.05) is 12.1 Å². The van der Waals surface area contributed by atoms with Gasteiger partial charge >= 0.3 is 0 Å². The second-order valence-electron chi connectivity index (χ2n) is 2.67. The lowest BCUT2D eigenvalue weighted by atomic mass is 10.2. The minimum absolute atomic E-state index is 0.00256. The van der Waals surface area contributed by atoms with E-state index in [-0.39, 0.29) is 17.6 Å². The monoisotopic (exact) mass is 214 g/mol. The molecule has 14 heavy (non-hydrogen) atoms. The molecule has 0 spiro atoms. The average molecular weight is 214 g/mol. The fourth-order valence-corrected chi connectivity index (χ4v) is 1.26. The van der Waals surface area contributed by atoms with E-state index in [0.717, 1.165) is 0 Å². The van der Waals surface area contributed by atoms with Crippen molar-refractivity contribution in [3.05, 3.63) is 17.9 Å². The number of hydrogen-bond donors (Lipinski definition) is 2. The lowest BCUT2D eigenvalue weighted by Crippen LogP contribution is -2.19. The van der Waals surface area contributed by atoms with Crippen LogP contribution < -0.4 is 20.5 Å². The minimum Gasteiger partial charge on any atom is -0.454 e. The van der Waals surface area contributed by atoms with Crippen molar-refractivity contribution in [3.8, 4) is 11.5 Å². The first kappa shape index (κ1) is 9.01. The first-order valence-corrected chi connectivity index (χ1v) is 4.23. The summed E-state index contributed by atoms with van der Waals surface area (Å²) in [4.78, 5) is 0. The molecule has 0 fully saturated rings. The molecule has 3 N–H and O–H groups in total. The molecule has 1 aromatic carbocycles. The molecule has 0 unspecified atom stereocenters. The van der Waals surface area contributed by atoms with Gasteiger partial charge < -0.3 is 20.5 Å². The maximum Gasteiger partial charge on any atom is 0.231 e. The molecule has 0 aromatic heterocycles. The molecule has 4 nitrogen and oxygen atoms in total. The highest BCUT2D eigenvalue weighted by Gasteiger charge is 2.17. The van der Waals surface area contributed by atoms with E-state index >= 15 is 0 Å². The summed E-state index contributed by atoms with van der Waals surface area (Å²) in [6, 6.07) is 2.68. The summed E-state index contributed by atoms with van der Waals surface area (Å²) in [7, 11) is 0. The molecule has 0 bridgehead atoms. The first-order valence-electron chi connectivity index (χ1n) is 3.82. The Balaban J connectivity index is 2.37. The summed E-state index contributed by atoms with van der Waals surface area (Å²) in [6.07, 6.45) is 0. The van der Waals surface area contributed by atoms with Gasteiger partial charge in [0.05, 0.1) is 5.69 Å². The van der Waals surface area contributed by atoms with Crippen molar-refractivity contribution in [1.82, 2.24) is 0 Å². The third kappa shape index (κ3) is 1.56. The Bertz CT molecular complexity index is 397. The Labute approximate surface area is 84.8 Å². The van der Waals surface area contributed by atoms with Crippen molar-refractivity contribution in [1.29, 1.82) is 0 Å². The second kappa shape index (κ2) is 3.30. The van der Waals surface area contributed by atoms with Gasteiger partial charge in [-0.05, 0) is 12.2 Å². The third-order valence-corrected chi connectivity index (χ3v) is 1.82. The number of thiocarbonyl (C=S) groups is 1. The lowest BCUT2D eigenvalue weighted by molar-refractivity contribution is 0.174. The second-order valence-corrected chi connectivity index (χ2v) is 3.11. The molecule has 1 aliphatic rings. The van der Waals surface area contributed by atoms with Gasteiger partial charge in [-0.3, -0.25) is 0 Å². The quantitative estimate of drug-likeness (QED) is 0.688. The Hall–Kier alpha value is -1.56. The van der Waals surface area contributed by atoms with Crippen molar-refractivity contribution in [2.45, 2.75) is 0 Å². The number of rotatable bonds is 1. The zero-order chi connectivity index (χ0) is 10.1. The van der Waals surface area contributed by atoms with Crippen LogP contribution in [0.5, 0.6) is 11.5 Å². The number of ether oxygens (including phenoxy) is 2. The van der Waals surface area contributed by atoms with E-state index in [1.807, 2.05) is 0 Å². The van der Waals surface area contributed by atoms with E-state index in [1.165, 1.54) is 12.1 Å². The molecule has 1 heterocycles. The summed E-state index contributed by atoms with van der Waals surface area (Å²) in [5.74, 6) is 0.378. The van der Waals surface area contributed by atoms with Crippen LogP contribution >= 0.6 is 12.2 Å². The van der Waals surface area contributed by atoms with Gasteiger partial charge in [0.15, 0.2) is 22.4 Å². The van der Waals surface area contributed by atoms with Crippen LogP contribution in [0.2, 0.25) is 0 Å². The van der Waals surface area contributed by atoms with Crippen LogP contribution in [0, 0.1) is 5.82 Å². The standard InChI is InChI=1S/C8H7FN2O2S/c9-4-1-6-7(13-3-12-6)2-5(4)11-8(10)14/h1-2H,3H2,(H3,10,11,14). The predicted molar refractivity (Wildman–Crippen MR) is 52.9 cm³/mol. The number of benzene rings is 1. The molecular formula is C8H7FN2O2S. The summed E-state index contributed by atoms with van der Waals surface area (Å²) < 4.78 is 23.3. The highest BCUT2D eigenvalue weighted by molar-refractivity contribution is 7.80. The lowest BCUT2D eigenvalue weighted by Gasteiger charge is -2.05. The Morgan fingerprint density at radius 2 is 2.07 bits per heavy atom. The molecule has 0 aliphatic carbocycles. The maximum atomic E-state index is 13.3. The number of nitrogens with one attached hydrogen (secondary N) is 1. The predicted octanol–water partition coefficient (Wildman–Crippen LogP) is 1.21. The SMILES string of the molecule is NC(=S)Nc1cc2c(cc1F)OCO2. The van der Waals surface area contributed by atoms with E-state index in [1.54, 1.807) is 0 Å². The summed E-state index contributed by atoms with van der Waals surface area (Å²) in [5, 5.41) is 2.50. The molecule has 74 valence electrons. The topological polar surface area (TPSA) is 56.5 Å². The largest absolute Gasteiger partial charge is 0.454 e. The van der Waals surface area contributed by atoms with Crippen molar-refractivity contribution >= 4 is 23.0 Å². The van der Waals surface area contributed by atoms with Gasteiger partial charge in [0.25, 0.3) is 0 Å². The van der Waals surface area contributed by atoms with Gasteiger partial charge in [-0.15, -0.1) is 0 Å². The molecule has 1 aromatic rings. The van der Waals surface area contributed by atoms with E-state index in [0.29, 0.717) is 11.5 Å².